The van der Waals surface area contributed by atoms with Crippen LogP contribution in [0.15, 0.2) is 4.99 Å². The van der Waals surface area contributed by atoms with E-state index in [9.17, 15) is 4.79 Å². The van der Waals surface area contributed by atoms with E-state index in [0.717, 1.165) is 38.6 Å². The summed E-state index contributed by atoms with van der Waals surface area (Å²) < 4.78 is 0.438. The molecule has 3 fully saturated rings. The first-order valence-corrected chi connectivity index (χ1v) is 11.5. The van der Waals surface area contributed by atoms with Crippen molar-refractivity contribution in [3.8, 4) is 0 Å². The minimum Gasteiger partial charge on any atom is -0.356 e. The maximum atomic E-state index is 12.5. The minimum absolute atomic E-state index is 0. The molecule has 1 N–H and O–H groups in total. The van der Waals surface area contributed by atoms with Crippen molar-refractivity contribution in [2.45, 2.75) is 63.0 Å². The van der Waals surface area contributed by atoms with Crippen LogP contribution >= 0.6 is 35.7 Å². The molecule has 0 radical (unpaired) electrons. The van der Waals surface area contributed by atoms with Crippen molar-refractivity contribution < 1.29 is 4.79 Å². The molecule has 27 heavy (non-hydrogen) atoms. The second kappa shape index (κ2) is 11.1. The molecule has 1 atom stereocenters. The second-order valence-electron chi connectivity index (χ2n) is 8.32. The van der Waals surface area contributed by atoms with Gasteiger partial charge >= 0.3 is 0 Å². The zero-order valence-electron chi connectivity index (χ0n) is 17.0. The molecule has 7 heteroatoms. The zero-order valence-corrected chi connectivity index (χ0v) is 20.2. The largest absolute Gasteiger partial charge is 0.356 e. The standard InChI is InChI=1S/C20H36N4OS.HI/c1-17-7-6-12-23(15-17)18(25)8-11-22-19(21-2)24-13-14-26-20(16-24)9-4-3-5-10-20;/h17H,3-16H2,1-2H3,(H,21,22);1H. The third-order valence-electron chi connectivity index (χ3n) is 6.16. The van der Waals surface area contributed by atoms with Crippen LogP contribution in [0.5, 0.6) is 0 Å². The van der Waals surface area contributed by atoms with Gasteiger partial charge in [0.15, 0.2) is 5.96 Å². The Morgan fingerprint density at radius 1 is 1.19 bits per heavy atom. The highest BCUT2D eigenvalue weighted by Crippen LogP contribution is 2.42. The average molecular weight is 509 g/mol. The molecular weight excluding hydrogens is 471 g/mol. The zero-order chi connectivity index (χ0) is 18.4. The van der Waals surface area contributed by atoms with Gasteiger partial charge in [0, 0.05) is 56.7 Å². The number of hydrogen-bond acceptors (Lipinski definition) is 3. The highest BCUT2D eigenvalue weighted by atomic mass is 127. The topological polar surface area (TPSA) is 47.9 Å². The number of nitrogens with one attached hydrogen (secondary N) is 1. The maximum absolute atomic E-state index is 12.5. The molecule has 3 aliphatic rings. The lowest BCUT2D eigenvalue weighted by molar-refractivity contribution is -0.132. The number of carbonyl (C=O) groups excluding carboxylic acids is 1. The summed E-state index contributed by atoms with van der Waals surface area (Å²) in [6.45, 7) is 6.96. The molecule has 156 valence electrons. The van der Waals surface area contributed by atoms with E-state index in [-0.39, 0.29) is 29.9 Å². The summed E-state index contributed by atoms with van der Waals surface area (Å²) in [5, 5.41) is 3.46. The summed E-state index contributed by atoms with van der Waals surface area (Å²) in [6.07, 6.45) is 9.80. The van der Waals surface area contributed by atoms with Crippen LogP contribution in [-0.2, 0) is 4.79 Å². The van der Waals surface area contributed by atoms with Gasteiger partial charge in [-0.05, 0) is 31.6 Å². The van der Waals surface area contributed by atoms with Gasteiger partial charge in [-0.15, -0.1) is 24.0 Å². The lowest BCUT2D eigenvalue weighted by Crippen LogP contribution is -2.53. The molecule has 3 rings (SSSR count). The first kappa shape index (κ1) is 23.1. The van der Waals surface area contributed by atoms with E-state index >= 15 is 0 Å². The fourth-order valence-corrected chi connectivity index (χ4v) is 6.28. The molecule has 1 saturated carbocycles. The van der Waals surface area contributed by atoms with Crippen molar-refractivity contribution in [1.82, 2.24) is 15.1 Å². The summed E-state index contributed by atoms with van der Waals surface area (Å²) in [7, 11) is 1.87. The fraction of sp³-hybridized carbons (Fsp3) is 0.900. The van der Waals surface area contributed by atoms with Crippen LogP contribution in [0, 0.1) is 5.92 Å². The Labute approximate surface area is 186 Å². The number of hydrogen-bond donors (Lipinski definition) is 1. The van der Waals surface area contributed by atoms with E-state index in [1.807, 2.05) is 11.9 Å². The lowest BCUT2D eigenvalue weighted by atomic mass is 9.87. The summed E-state index contributed by atoms with van der Waals surface area (Å²) in [5.41, 5.74) is 0. The summed E-state index contributed by atoms with van der Waals surface area (Å²) in [4.78, 5) is 21.4. The molecular formula is C20H37IN4OS. The van der Waals surface area contributed by atoms with E-state index in [4.69, 9.17) is 0 Å². The smallest absolute Gasteiger partial charge is 0.224 e. The predicted octanol–water partition coefficient (Wildman–Crippen LogP) is 3.58. The number of nitrogens with zero attached hydrogens (tertiary/aromatic N) is 3. The molecule has 2 aliphatic heterocycles. The monoisotopic (exact) mass is 508 g/mol. The second-order valence-corrected chi connectivity index (χ2v) is 9.89. The number of carbonyl (C=O) groups is 1. The van der Waals surface area contributed by atoms with Crippen LogP contribution in [0.1, 0.15) is 58.3 Å². The average Bonchev–Trinajstić information content (AvgIpc) is 2.66. The third kappa shape index (κ3) is 6.41. The van der Waals surface area contributed by atoms with Crippen molar-refractivity contribution in [3.05, 3.63) is 0 Å². The Morgan fingerprint density at radius 3 is 2.67 bits per heavy atom. The van der Waals surface area contributed by atoms with Gasteiger partial charge in [0.05, 0.1) is 0 Å². The number of piperidine rings is 1. The molecule has 2 heterocycles. The third-order valence-corrected chi connectivity index (χ3v) is 7.69. The Morgan fingerprint density at radius 2 is 1.96 bits per heavy atom. The van der Waals surface area contributed by atoms with Gasteiger partial charge in [0.2, 0.25) is 5.91 Å². The van der Waals surface area contributed by atoms with Gasteiger partial charge < -0.3 is 15.1 Å². The number of likely N-dealkylation sites (tertiary alicyclic amines) is 1. The summed E-state index contributed by atoms with van der Waals surface area (Å²) >= 11 is 2.18. The van der Waals surface area contributed by atoms with Crippen molar-refractivity contribution >= 4 is 47.6 Å². The molecule has 1 unspecified atom stereocenters. The maximum Gasteiger partial charge on any atom is 0.224 e. The quantitative estimate of drug-likeness (QED) is 0.360. The van der Waals surface area contributed by atoms with Gasteiger partial charge in [-0.1, -0.05) is 26.2 Å². The first-order valence-electron chi connectivity index (χ1n) is 10.5. The molecule has 0 aromatic rings. The van der Waals surface area contributed by atoms with E-state index in [2.05, 4.69) is 33.9 Å². The Bertz CT molecular complexity index is 505. The van der Waals surface area contributed by atoms with Crippen molar-refractivity contribution in [1.29, 1.82) is 0 Å². The first-order chi connectivity index (χ1) is 12.6. The number of halogens is 1. The van der Waals surface area contributed by atoms with E-state index in [1.165, 1.54) is 44.3 Å². The van der Waals surface area contributed by atoms with E-state index in [0.29, 0.717) is 23.6 Å². The number of rotatable bonds is 3. The Kier molecular flexibility index (Phi) is 9.52. The Hall–Kier alpha value is -0.180. The SMILES string of the molecule is CN=C(NCCC(=O)N1CCCC(C)C1)N1CCSC2(CCCCC2)C1.I. The Balaban J connectivity index is 0.00000261. The van der Waals surface area contributed by atoms with Gasteiger partial charge in [-0.2, -0.15) is 11.8 Å². The van der Waals surface area contributed by atoms with E-state index < -0.39 is 0 Å². The van der Waals surface area contributed by atoms with Crippen LogP contribution < -0.4 is 5.32 Å². The van der Waals surface area contributed by atoms with Gasteiger partial charge in [0.25, 0.3) is 0 Å². The molecule has 1 spiro atoms. The van der Waals surface area contributed by atoms with Gasteiger partial charge in [0.1, 0.15) is 0 Å². The van der Waals surface area contributed by atoms with Crippen LogP contribution in [0.25, 0.3) is 0 Å². The molecule has 0 aromatic carbocycles. The van der Waals surface area contributed by atoms with Crippen molar-refractivity contribution in [2.24, 2.45) is 10.9 Å². The molecule has 2 saturated heterocycles. The van der Waals surface area contributed by atoms with Gasteiger partial charge in [-0.3, -0.25) is 9.79 Å². The van der Waals surface area contributed by atoms with Gasteiger partial charge in [-0.25, -0.2) is 0 Å². The normalized spacial score (nSPS) is 25.9. The van der Waals surface area contributed by atoms with Crippen molar-refractivity contribution in [3.63, 3.8) is 0 Å². The number of thioether (sulfide) groups is 1. The molecule has 5 nitrogen and oxygen atoms in total. The van der Waals surface area contributed by atoms with Crippen LogP contribution in [0.3, 0.4) is 0 Å². The number of amides is 1. The predicted molar refractivity (Wildman–Crippen MR) is 126 cm³/mol. The number of aliphatic imine (C=N–C) groups is 1. The molecule has 1 amide bonds. The molecule has 0 bridgehead atoms. The minimum atomic E-state index is 0. The van der Waals surface area contributed by atoms with Crippen molar-refractivity contribution in [2.75, 3.05) is 45.5 Å². The summed E-state index contributed by atoms with van der Waals surface area (Å²) in [6, 6.07) is 0. The number of guanidine groups is 1. The van der Waals surface area contributed by atoms with E-state index in [1.54, 1.807) is 0 Å². The fourth-order valence-electron chi connectivity index (χ4n) is 4.71. The molecule has 0 aromatic heterocycles. The van der Waals surface area contributed by atoms with Crippen LogP contribution in [-0.4, -0.2) is 71.9 Å². The van der Waals surface area contributed by atoms with Crippen LogP contribution in [0.4, 0.5) is 0 Å². The highest BCUT2D eigenvalue weighted by molar-refractivity contribution is 14.0. The summed E-state index contributed by atoms with van der Waals surface area (Å²) in [5.74, 6) is 3.10. The van der Waals surface area contributed by atoms with Crippen LogP contribution in [0.2, 0.25) is 0 Å². The lowest BCUT2D eigenvalue weighted by Gasteiger charge is -2.45. The molecule has 1 aliphatic carbocycles. The highest BCUT2D eigenvalue weighted by Gasteiger charge is 2.38.